The number of rotatable bonds is 8. The summed E-state index contributed by atoms with van der Waals surface area (Å²) in [6, 6.07) is 12.3. The summed E-state index contributed by atoms with van der Waals surface area (Å²) in [6.07, 6.45) is 6.08. The topological polar surface area (TPSA) is 64.8 Å². The van der Waals surface area contributed by atoms with Crippen LogP contribution in [0.4, 0.5) is 4.39 Å². The molecule has 0 radical (unpaired) electrons. The lowest BCUT2D eigenvalue weighted by atomic mass is 9.90. The largest absolute Gasteiger partial charge is 0.493 e. The van der Waals surface area contributed by atoms with Crippen LogP contribution in [-0.4, -0.2) is 36.2 Å². The number of methoxy groups -OCH3 is 1. The van der Waals surface area contributed by atoms with Gasteiger partial charge in [-0.3, -0.25) is 4.79 Å². The van der Waals surface area contributed by atoms with E-state index in [2.05, 4.69) is 5.16 Å². The minimum Gasteiger partial charge on any atom is -0.493 e. The summed E-state index contributed by atoms with van der Waals surface area (Å²) in [5.74, 6) is 2.19. The zero-order valence-electron chi connectivity index (χ0n) is 20.4. The normalized spacial score (nSPS) is 14.5. The number of aryl methyl sites for hydroxylation is 2. The van der Waals surface area contributed by atoms with Crippen molar-refractivity contribution in [1.82, 2.24) is 10.1 Å². The molecule has 1 fully saturated rings. The number of halogens is 1. The molecule has 184 valence electrons. The SMILES string of the molecule is COc1cc(/C=C/C(=O)N2CCC(Cc3cccc(F)c3)CC2)ccc1OCc1c(C)noc1C. The molecule has 0 aliphatic carbocycles. The molecule has 1 aliphatic rings. The van der Waals surface area contributed by atoms with Crippen molar-refractivity contribution in [1.29, 1.82) is 0 Å². The van der Waals surface area contributed by atoms with E-state index in [-0.39, 0.29) is 11.7 Å². The van der Waals surface area contributed by atoms with Gasteiger partial charge in [0.2, 0.25) is 5.91 Å². The molecule has 4 rings (SSSR count). The van der Waals surface area contributed by atoms with Gasteiger partial charge in [-0.1, -0.05) is 23.4 Å². The van der Waals surface area contributed by atoms with Gasteiger partial charge in [-0.05, 0) is 80.5 Å². The molecule has 1 aliphatic heterocycles. The Morgan fingerprint density at radius 1 is 1.17 bits per heavy atom. The number of ether oxygens (including phenoxy) is 2. The molecule has 0 spiro atoms. The van der Waals surface area contributed by atoms with Crippen LogP contribution in [0, 0.1) is 25.6 Å². The summed E-state index contributed by atoms with van der Waals surface area (Å²) < 4.78 is 30.0. The minimum atomic E-state index is -0.197. The molecular weight excluding hydrogens is 447 g/mol. The van der Waals surface area contributed by atoms with Gasteiger partial charge in [-0.2, -0.15) is 0 Å². The van der Waals surface area contributed by atoms with Crippen LogP contribution in [0.1, 0.15) is 41.0 Å². The van der Waals surface area contributed by atoms with E-state index in [1.54, 1.807) is 31.4 Å². The number of hydrogen-bond donors (Lipinski definition) is 0. The van der Waals surface area contributed by atoms with Crippen molar-refractivity contribution < 1.29 is 23.2 Å². The summed E-state index contributed by atoms with van der Waals surface area (Å²) in [6.45, 7) is 5.49. The average molecular weight is 479 g/mol. The maximum absolute atomic E-state index is 13.4. The summed E-state index contributed by atoms with van der Waals surface area (Å²) in [4.78, 5) is 14.6. The highest BCUT2D eigenvalue weighted by Gasteiger charge is 2.22. The maximum atomic E-state index is 13.4. The molecule has 6 nitrogen and oxygen atoms in total. The smallest absolute Gasteiger partial charge is 0.246 e. The Bertz CT molecular complexity index is 1180. The molecular formula is C28H31FN2O4. The quantitative estimate of drug-likeness (QED) is 0.399. The number of piperidine rings is 1. The summed E-state index contributed by atoms with van der Waals surface area (Å²) in [5, 5.41) is 3.95. The highest BCUT2D eigenvalue weighted by atomic mass is 19.1. The van der Waals surface area contributed by atoms with Crippen LogP contribution >= 0.6 is 0 Å². The zero-order chi connectivity index (χ0) is 24.8. The van der Waals surface area contributed by atoms with Crippen LogP contribution in [0.5, 0.6) is 11.5 Å². The van der Waals surface area contributed by atoms with Gasteiger partial charge in [-0.15, -0.1) is 0 Å². The molecule has 35 heavy (non-hydrogen) atoms. The fourth-order valence-electron chi connectivity index (χ4n) is 4.39. The van der Waals surface area contributed by atoms with Crippen LogP contribution in [0.2, 0.25) is 0 Å². The second-order valence-corrected chi connectivity index (χ2v) is 8.94. The van der Waals surface area contributed by atoms with Gasteiger partial charge in [0.15, 0.2) is 11.5 Å². The third-order valence-electron chi connectivity index (χ3n) is 6.50. The number of carbonyl (C=O) groups is 1. The van der Waals surface area contributed by atoms with Crippen LogP contribution in [-0.2, 0) is 17.8 Å². The van der Waals surface area contributed by atoms with Gasteiger partial charge in [0, 0.05) is 19.2 Å². The molecule has 0 unspecified atom stereocenters. The van der Waals surface area contributed by atoms with E-state index in [0.29, 0.717) is 37.1 Å². The Morgan fingerprint density at radius 3 is 2.66 bits per heavy atom. The molecule has 2 heterocycles. The Hall–Kier alpha value is -3.61. The number of amides is 1. The Balaban J connectivity index is 1.30. The Labute approximate surface area is 205 Å². The van der Waals surface area contributed by atoms with Crippen LogP contribution in [0.15, 0.2) is 53.1 Å². The number of aromatic nitrogens is 1. The second-order valence-electron chi connectivity index (χ2n) is 8.94. The Kier molecular flexibility index (Phi) is 7.85. The van der Waals surface area contributed by atoms with E-state index < -0.39 is 0 Å². The highest BCUT2D eigenvalue weighted by molar-refractivity contribution is 5.91. The molecule has 1 aromatic heterocycles. The second kappa shape index (κ2) is 11.2. The lowest BCUT2D eigenvalue weighted by Gasteiger charge is -2.31. The predicted octanol–water partition coefficient (Wildman–Crippen LogP) is 5.51. The van der Waals surface area contributed by atoms with E-state index in [0.717, 1.165) is 47.4 Å². The van der Waals surface area contributed by atoms with Crippen molar-refractivity contribution in [2.75, 3.05) is 20.2 Å². The monoisotopic (exact) mass is 478 g/mol. The summed E-state index contributed by atoms with van der Waals surface area (Å²) >= 11 is 0. The molecule has 0 bridgehead atoms. The number of benzene rings is 2. The molecule has 0 N–H and O–H groups in total. The number of likely N-dealkylation sites (tertiary alicyclic amines) is 1. The third kappa shape index (κ3) is 6.29. The van der Waals surface area contributed by atoms with Gasteiger partial charge in [0.25, 0.3) is 0 Å². The predicted molar refractivity (Wildman–Crippen MR) is 132 cm³/mol. The minimum absolute atomic E-state index is 0.00749. The average Bonchev–Trinajstić information content (AvgIpc) is 3.18. The van der Waals surface area contributed by atoms with Crippen molar-refractivity contribution in [3.05, 3.63) is 82.5 Å². The lowest BCUT2D eigenvalue weighted by Crippen LogP contribution is -2.37. The Morgan fingerprint density at radius 2 is 1.97 bits per heavy atom. The van der Waals surface area contributed by atoms with Gasteiger partial charge in [0.05, 0.1) is 18.4 Å². The van der Waals surface area contributed by atoms with Gasteiger partial charge >= 0.3 is 0 Å². The first-order valence-electron chi connectivity index (χ1n) is 11.9. The van der Waals surface area contributed by atoms with E-state index in [1.165, 1.54) is 6.07 Å². The first kappa shape index (κ1) is 24.5. The van der Waals surface area contributed by atoms with E-state index >= 15 is 0 Å². The molecule has 2 aromatic carbocycles. The van der Waals surface area contributed by atoms with E-state index in [4.69, 9.17) is 14.0 Å². The first-order chi connectivity index (χ1) is 16.9. The number of carbonyl (C=O) groups excluding carboxylic acids is 1. The van der Waals surface area contributed by atoms with E-state index in [9.17, 15) is 9.18 Å². The summed E-state index contributed by atoms with van der Waals surface area (Å²) in [7, 11) is 1.59. The van der Waals surface area contributed by atoms with Crippen LogP contribution in [0.25, 0.3) is 6.08 Å². The van der Waals surface area contributed by atoms with Crippen molar-refractivity contribution in [3.63, 3.8) is 0 Å². The molecule has 0 saturated carbocycles. The molecule has 7 heteroatoms. The molecule has 1 amide bonds. The standard InChI is InChI=1S/C28H31FN2O4/c1-19-25(20(2)35-30-19)18-34-26-9-7-21(17-27(26)33-3)8-10-28(32)31-13-11-22(12-14-31)15-23-5-4-6-24(29)16-23/h4-10,16-17,22H,11-15,18H2,1-3H3/b10-8+. The molecule has 0 atom stereocenters. The highest BCUT2D eigenvalue weighted by Crippen LogP contribution is 2.30. The van der Waals surface area contributed by atoms with Crippen LogP contribution < -0.4 is 9.47 Å². The van der Waals surface area contributed by atoms with Crippen molar-refractivity contribution >= 4 is 12.0 Å². The molecule has 3 aromatic rings. The third-order valence-corrected chi connectivity index (χ3v) is 6.50. The van der Waals surface area contributed by atoms with Gasteiger partial charge in [0.1, 0.15) is 18.2 Å². The van der Waals surface area contributed by atoms with Gasteiger partial charge in [-0.25, -0.2) is 4.39 Å². The zero-order valence-corrected chi connectivity index (χ0v) is 20.4. The van der Waals surface area contributed by atoms with Crippen molar-refractivity contribution in [2.24, 2.45) is 5.92 Å². The van der Waals surface area contributed by atoms with Crippen molar-refractivity contribution in [3.8, 4) is 11.5 Å². The fraction of sp³-hybridized carbons (Fsp3) is 0.357. The lowest BCUT2D eigenvalue weighted by molar-refractivity contribution is -0.127. The summed E-state index contributed by atoms with van der Waals surface area (Å²) in [5.41, 5.74) is 3.59. The molecule has 1 saturated heterocycles. The first-order valence-corrected chi connectivity index (χ1v) is 11.9. The van der Waals surface area contributed by atoms with Crippen molar-refractivity contribution in [2.45, 2.75) is 39.7 Å². The van der Waals surface area contributed by atoms with Gasteiger partial charge < -0.3 is 18.9 Å². The van der Waals surface area contributed by atoms with Crippen LogP contribution in [0.3, 0.4) is 0 Å². The number of hydrogen-bond acceptors (Lipinski definition) is 5. The maximum Gasteiger partial charge on any atom is 0.246 e. The number of nitrogens with zero attached hydrogens (tertiary/aromatic N) is 2. The fourth-order valence-corrected chi connectivity index (χ4v) is 4.39. The van der Waals surface area contributed by atoms with E-state index in [1.807, 2.05) is 43.0 Å².